The van der Waals surface area contributed by atoms with Gasteiger partial charge in [-0.05, 0) is 29.8 Å². The van der Waals surface area contributed by atoms with E-state index in [4.69, 9.17) is 27.9 Å². The third-order valence-electron chi connectivity index (χ3n) is 4.85. The Morgan fingerprint density at radius 2 is 1.56 bits per heavy atom. The van der Waals surface area contributed by atoms with Crippen molar-refractivity contribution in [1.82, 2.24) is 10.3 Å². The summed E-state index contributed by atoms with van der Waals surface area (Å²) in [5, 5.41) is 4.41. The van der Waals surface area contributed by atoms with Crippen LogP contribution in [0.1, 0.15) is 15.9 Å². The first kappa shape index (κ1) is 21.8. The molecule has 1 N–H and O–H groups in total. The van der Waals surface area contributed by atoms with Crippen molar-refractivity contribution in [2.75, 3.05) is 6.61 Å². The Bertz CT molecular complexity index is 1310. The fraction of sp³-hybridized carbons (Fsp3) is 0.0800. The summed E-state index contributed by atoms with van der Waals surface area (Å²) in [4.78, 5) is 29.7. The third kappa shape index (κ3) is 4.90. The van der Waals surface area contributed by atoms with Gasteiger partial charge in [0.1, 0.15) is 0 Å². The van der Waals surface area contributed by atoms with E-state index in [2.05, 4.69) is 10.3 Å². The second-order valence-corrected chi connectivity index (χ2v) is 7.81. The number of carbonyl (C=O) groups is 2. The molecule has 0 spiro atoms. The van der Waals surface area contributed by atoms with Gasteiger partial charge in [0.15, 0.2) is 6.61 Å². The molecule has 0 aliphatic carbocycles. The predicted octanol–water partition coefficient (Wildman–Crippen LogP) is 5.68. The summed E-state index contributed by atoms with van der Waals surface area (Å²) in [6, 6.07) is 23.3. The van der Waals surface area contributed by atoms with Gasteiger partial charge in [-0.1, -0.05) is 77.8 Å². The van der Waals surface area contributed by atoms with Crippen LogP contribution < -0.4 is 5.32 Å². The van der Waals surface area contributed by atoms with E-state index in [9.17, 15) is 9.59 Å². The first-order chi connectivity index (χ1) is 15.5. The van der Waals surface area contributed by atoms with Crippen LogP contribution in [0.5, 0.6) is 0 Å². The second kappa shape index (κ2) is 9.81. The number of halogens is 2. The molecule has 4 aromatic rings. The van der Waals surface area contributed by atoms with Gasteiger partial charge in [0.2, 0.25) is 0 Å². The second-order valence-electron chi connectivity index (χ2n) is 7.00. The third-order valence-corrected chi connectivity index (χ3v) is 5.55. The molecule has 32 heavy (non-hydrogen) atoms. The van der Waals surface area contributed by atoms with Crippen molar-refractivity contribution in [3.63, 3.8) is 0 Å². The van der Waals surface area contributed by atoms with Crippen LogP contribution >= 0.6 is 23.2 Å². The number of benzene rings is 3. The number of rotatable bonds is 6. The van der Waals surface area contributed by atoms with Gasteiger partial charge in [-0.15, -0.1) is 0 Å². The number of fused-ring (bicyclic) bond motifs is 1. The monoisotopic (exact) mass is 464 g/mol. The highest BCUT2D eigenvalue weighted by Gasteiger charge is 2.17. The van der Waals surface area contributed by atoms with Crippen molar-refractivity contribution < 1.29 is 14.3 Å². The average Bonchev–Trinajstić information content (AvgIpc) is 2.81. The van der Waals surface area contributed by atoms with Crippen LogP contribution in [0.2, 0.25) is 10.0 Å². The Hall–Kier alpha value is -3.41. The summed E-state index contributed by atoms with van der Waals surface area (Å²) in [5.74, 6) is -1.05. The average molecular weight is 465 g/mol. The maximum absolute atomic E-state index is 12.9. The molecule has 0 saturated carbocycles. The first-order valence-electron chi connectivity index (χ1n) is 9.85. The van der Waals surface area contributed by atoms with Crippen molar-refractivity contribution in [2.24, 2.45) is 0 Å². The highest BCUT2D eigenvalue weighted by molar-refractivity contribution is 6.33. The molecule has 5 nitrogen and oxygen atoms in total. The molecule has 160 valence electrons. The van der Waals surface area contributed by atoms with Crippen LogP contribution in [0.15, 0.2) is 78.9 Å². The zero-order valence-electron chi connectivity index (χ0n) is 16.8. The van der Waals surface area contributed by atoms with E-state index in [-0.39, 0.29) is 6.54 Å². The van der Waals surface area contributed by atoms with Crippen molar-refractivity contribution in [3.8, 4) is 11.3 Å². The van der Waals surface area contributed by atoms with Crippen LogP contribution in [-0.4, -0.2) is 23.5 Å². The molecule has 0 saturated heterocycles. The lowest BCUT2D eigenvalue weighted by atomic mass is 10.0. The summed E-state index contributed by atoms with van der Waals surface area (Å²) >= 11 is 12.4. The minimum Gasteiger partial charge on any atom is -0.452 e. The highest BCUT2D eigenvalue weighted by atomic mass is 35.5. The topological polar surface area (TPSA) is 68.3 Å². The molecular formula is C25H18Cl2N2O3. The van der Waals surface area contributed by atoms with Crippen molar-refractivity contribution in [2.45, 2.75) is 6.54 Å². The first-order valence-corrected chi connectivity index (χ1v) is 10.6. The number of aromatic nitrogens is 1. The number of esters is 1. The Balaban J connectivity index is 1.52. The van der Waals surface area contributed by atoms with Crippen LogP contribution in [0.3, 0.4) is 0 Å². The van der Waals surface area contributed by atoms with E-state index >= 15 is 0 Å². The van der Waals surface area contributed by atoms with Crippen molar-refractivity contribution in [1.29, 1.82) is 0 Å². The van der Waals surface area contributed by atoms with E-state index in [0.717, 1.165) is 5.56 Å². The van der Waals surface area contributed by atoms with Gasteiger partial charge < -0.3 is 10.1 Å². The summed E-state index contributed by atoms with van der Waals surface area (Å²) in [6.07, 6.45) is 0. The molecule has 1 amide bonds. The summed E-state index contributed by atoms with van der Waals surface area (Å²) < 4.78 is 5.29. The molecule has 0 fully saturated rings. The van der Waals surface area contributed by atoms with Gasteiger partial charge in [-0.25, -0.2) is 9.78 Å². The molecule has 0 atom stereocenters. The number of pyridine rings is 1. The van der Waals surface area contributed by atoms with E-state index in [1.807, 2.05) is 54.6 Å². The standard InChI is InChI=1S/C25H18Cl2N2O3/c26-20-10-4-1-7-16(20)14-28-24(30)15-32-25(31)19-13-23(18-9-2-5-11-21(18)27)29-22-12-6-3-8-17(19)22/h1-13H,14-15H2,(H,28,30). The van der Waals surface area contributed by atoms with Gasteiger partial charge in [-0.2, -0.15) is 0 Å². The zero-order valence-corrected chi connectivity index (χ0v) is 18.4. The number of hydrogen-bond donors (Lipinski definition) is 1. The Labute approximate surface area is 194 Å². The molecule has 1 heterocycles. The van der Waals surface area contributed by atoms with Gasteiger partial charge in [0.25, 0.3) is 5.91 Å². The molecule has 0 unspecified atom stereocenters. The number of ether oxygens (including phenoxy) is 1. The lowest BCUT2D eigenvalue weighted by molar-refractivity contribution is -0.124. The SMILES string of the molecule is O=C(COC(=O)c1cc(-c2ccccc2Cl)nc2ccccc12)NCc1ccccc1Cl. The molecule has 3 aromatic carbocycles. The van der Waals surface area contributed by atoms with E-state index in [0.29, 0.717) is 37.8 Å². The number of carbonyl (C=O) groups excluding carboxylic acids is 2. The quantitative estimate of drug-likeness (QED) is 0.372. The molecule has 7 heteroatoms. The molecule has 0 aliphatic rings. The van der Waals surface area contributed by atoms with Gasteiger partial charge in [0.05, 0.1) is 16.8 Å². The summed E-state index contributed by atoms with van der Waals surface area (Å²) in [6.45, 7) is -0.174. The summed E-state index contributed by atoms with van der Waals surface area (Å²) in [5.41, 5.74) is 2.96. The number of para-hydroxylation sites is 1. The van der Waals surface area contributed by atoms with Gasteiger partial charge in [0, 0.05) is 27.5 Å². The van der Waals surface area contributed by atoms with Crippen molar-refractivity contribution >= 4 is 46.0 Å². The zero-order chi connectivity index (χ0) is 22.5. The fourth-order valence-corrected chi connectivity index (χ4v) is 3.68. The van der Waals surface area contributed by atoms with Crippen molar-refractivity contribution in [3.05, 3.63) is 100 Å². The lowest BCUT2D eigenvalue weighted by Crippen LogP contribution is -2.28. The maximum atomic E-state index is 12.9. The fourth-order valence-electron chi connectivity index (χ4n) is 3.25. The lowest BCUT2D eigenvalue weighted by Gasteiger charge is -2.11. The molecular weight excluding hydrogens is 447 g/mol. The predicted molar refractivity (Wildman–Crippen MR) is 126 cm³/mol. The number of hydrogen-bond acceptors (Lipinski definition) is 4. The van der Waals surface area contributed by atoms with Gasteiger partial charge >= 0.3 is 5.97 Å². The molecule has 1 aromatic heterocycles. The Kier molecular flexibility index (Phi) is 6.69. The minimum absolute atomic E-state index is 0.241. The molecule has 0 radical (unpaired) electrons. The van der Waals surface area contributed by atoms with E-state index in [1.54, 1.807) is 24.3 Å². The number of nitrogens with zero attached hydrogens (tertiary/aromatic N) is 1. The molecule has 0 aliphatic heterocycles. The molecule has 4 rings (SSSR count). The normalized spacial score (nSPS) is 10.7. The Morgan fingerprint density at radius 3 is 2.34 bits per heavy atom. The maximum Gasteiger partial charge on any atom is 0.339 e. The van der Waals surface area contributed by atoms with E-state index in [1.165, 1.54) is 0 Å². The largest absolute Gasteiger partial charge is 0.452 e. The molecule has 0 bridgehead atoms. The number of amides is 1. The summed E-state index contributed by atoms with van der Waals surface area (Å²) in [7, 11) is 0. The van der Waals surface area contributed by atoms with E-state index < -0.39 is 18.5 Å². The Morgan fingerprint density at radius 1 is 0.875 bits per heavy atom. The van der Waals surface area contributed by atoms with Crippen LogP contribution in [0, 0.1) is 0 Å². The minimum atomic E-state index is -0.621. The van der Waals surface area contributed by atoms with Crippen LogP contribution in [0.25, 0.3) is 22.2 Å². The highest BCUT2D eigenvalue weighted by Crippen LogP contribution is 2.30. The van der Waals surface area contributed by atoms with Crippen LogP contribution in [0.4, 0.5) is 0 Å². The number of nitrogens with one attached hydrogen (secondary N) is 1. The van der Waals surface area contributed by atoms with Gasteiger partial charge in [-0.3, -0.25) is 4.79 Å². The van der Waals surface area contributed by atoms with Crippen LogP contribution in [-0.2, 0) is 16.1 Å². The smallest absolute Gasteiger partial charge is 0.339 e.